The summed E-state index contributed by atoms with van der Waals surface area (Å²) in [4.78, 5) is 25.6. The van der Waals surface area contributed by atoms with E-state index >= 15 is 0 Å². The fourth-order valence-electron chi connectivity index (χ4n) is 4.64. The Hall–Kier alpha value is -1.06. The topological polar surface area (TPSA) is 49.4 Å². The third kappa shape index (κ3) is 4.99. The molecule has 2 rings (SSSR count). The molecule has 1 saturated carbocycles. The van der Waals surface area contributed by atoms with E-state index < -0.39 is 0 Å². The minimum Gasteiger partial charge on any atom is -0.353 e. The van der Waals surface area contributed by atoms with Gasteiger partial charge in [0.1, 0.15) is 0 Å². The molecule has 0 bridgehead atoms. The lowest BCUT2D eigenvalue weighted by atomic mass is 9.67. The van der Waals surface area contributed by atoms with Gasteiger partial charge in [0.15, 0.2) is 0 Å². The Morgan fingerprint density at radius 2 is 1.82 bits per heavy atom. The van der Waals surface area contributed by atoms with Gasteiger partial charge in [0, 0.05) is 32.5 Å². The number of likely N-dealkylation sites (tertiary alicyclic amines) is 1. The molecule has 1 aliphatic heterocycles. The summed E-state index contributed by atoms with van der Waals surface area (Å²) in [5.74, 6) is 1.62. The van der Waals surface area contributed by atoms with Crippen LogP contribution in [0.3, 0.4) is 0 Å². The van der Waals surface area contributed by atoms with Crippen LogP contribution in [0, 0.1) is 17.3 Å². The van der Waals surface area contributed by atoms with E-state index in [4.69, 9.17) is 0 Å². The summed E-state index contributed by atoms with van der Waals surface area (Å²) in [6.07, 6.45) is 6.12. The van der Waals surface area contributed by atoms with Crippen LogP contribution >= 0.6 is 0 Å². The van der Waals surface area contributed by atoms with E-state index in [1.165, 1.54) is 19.3 Å². The van der Waals surface area contributed by atoms with Gasteiger partial charge in [0.25, 0.3) is 0 Å². The van der Waals surface area contributed by atoms with Crippen LogP contribution in [0.25, 0.3) is 0 Å². The Morgan fingerprint density at radius 1 is 1.18 bits per heavy atom. The number of hydrogen-bond donors (Lipinski definition) is 1. The zero-order valence-electron chi connectivity index (χ0n) is 14.7. The lowest BCUT2D eigenvalue weighted by molar-refractivity contribution is -0.134. The third-order valence-corrected chi connectivity index (χ3v) is 5.20. The molecule has 0 spiro atoms. The third-order valence-electron chi connectivity index (χ3n) is 5.20. The predicted molar refractivity (Wildman–Crippen MR) is 88.3 cm³/mol. The first-order chi connectivity index (χ1) is 10.2. The molecular formula is C18H32N2O2. The second kappa shape index (κ2) is 7.01. The van der Waals surface area contributed by atoms with E-state index in [1.54, 1.807) is 6.92 Å². The van der Waals surface area contributed by atoms with E-state index in [9.17, 15) is 9.59 Å². The molecule has 1 aliphatic carbocycles. The first-order valence-electron chi connectivity index (χ1n) is 8.80. The molecule has 1 heterocycles. The van der Waals surface area contributed by atoms with Crippen LogP contribution in [0.1, 0.15) is 66.2 Å². The summed E-state index contributed by atoms with van der Waals surface area (Å²) in [6, 6.07) is 0.246. The highest BCUT2D eigenvalue weighted by atomic mass is 16.2. The van der Waals surface area contributed by atoms with Crippen LogP contribution in [0.15, 0.2) is 0 Å². The molecule has 0 aromatic carbocycles. The molecule has 22 heavy (non-hydrogen) atoms. The van der Waals surface area contributed by atoms with Crippen LogP contribution in [0.5, 0.6) is 0 Å². The van der Waals surface area contributed by atoms with Gasteiger partial charge >= 0.3 is 0 Å². The lowest BCUT2D eigenvalue weighted by Crippen LogP contribution is -2.46. The summed E-state index contributed by atoms with van der Waals surface area (Å²) in [5, 5.41) is 2.96. The SMILES string of the molecule is CC(=O)NC1CCN(C(=O)C[C@@H]2C[C@@H](C)CC(C)(C)C2)CC1. The highest BCUT2D eigenvalue weighted by Crippen LogP contribution is 2.43. The molecule has 126 valence electrons. The van der Waals surface area contributed by atoms with E-state index in [0.29, 0.717) is 23.7 Å². The van der Waals surface area contributed by atoms with Crippen molar-refractivity contribution in [3.8, 4) is 0 Å². The second-order valence-electron chi connectivity index (χ2n) is 8.34. The van der Waals surface area contributed by atoms with Gasteiger partial charge in [-0.25, -0.2) is 0 Å². The van der Waals surface area contributed by atoms with Crippen molar-refractivity contribution >= 4 is 11.8 Å². The van der Waals surface area contributed by atoms with Crippen molar-refractivity contribution < 1.29 is 9.59 Å². The molecule has 2 atom stereocenters. The van der Waals surface area contributed by atoms with E-state index in [-0.39, 0.29) is 11.9 Å². The summed E-state index contributed by atoms with van der Waals surface area (Å²) < 4.78 is 0. The van der Waals surface area contributed by atoms with Gasteiger partial charge in [-0.1, -0.05) is 20.8 Å². The van der Waals surface area contributed by atoms with Crippen molar-refractivity contribution in [2.45, 2.75) is 72.3 Å². The van der Waals surface area contributed by atoms with Crippen LogP contribution in [-0.4, -0.2) is 35.8 Å². The largest absolute Gasteiger partial charge is 0.353 e. The number of nitrogens with zero attached hydrogens (tertiary/aromatic N) is 1. The zero-order valence-corrected chi connectivity index (χ0v) is 14.7. The smallest absolute Gasteiger partial charge is 0.222 e. The first-order valence-corrected chi connectivity index (χ1v) is 8.80. The molecule has 0 unspecified atom stereocenters. The molecule has 1 saturated heterocycles. The van der Waals surface area contributed by atoms with E-state index in [1.807, 2.05) is 4.90 Å². The maximum atomic E-state index is 12.6. The number of hydrogen-bond acceptors (Lipinski definition) is 2. The highest BCUT2D eigenvalue weighted by molar-refractivity contribution is 5.76. The molecule has 2 aliphatic rings. The van der Waals surface area contributed by atoms with Crippen LogP contribution < -0.4 is 5.32 Å². The van der Waals surface area contributed by atoms with Crippen molar-refractivity contribution in [2.24, 2.45) is 17.3 Å². The minimum atomic E-state index is 0.0307. The van der Waals surface area contributed by atoms with Gasteiger partial charge < -0.3 is 10.2 Å². The van der Waals surface area contributed by atoms with Gasteiger partial charge in [0.2, 0.25) is 11.8 Å². The van der Waals surface area contributed by atoms with Gasteiger partial charge in [-0.15, -0.1) is 0 Å². The standard InChI is InChI=1S/C18H32N2O2/c1-13-9-15(12-18(3,4)11-13)10-17(22)20-7-5-16(6-8-20)19-14(2)21/h13,15-16H,5-12H2,1-4H3,(H,19,21)/t13-,15+/m1/s1. The number of carbonyl (C=O) groups is 2. The van der Waals surface area contributed by atoms with E-state index in [2.05, 4.69) is 26.1 Å². The predicted octanol–water partition coefficient (Wildman–Crippen LogP) is 2.97. The van der Waals surface area contributed by atoms with Crippen molar-refractivity contribution in [1.29, 1.82) is 0 Å². The zero-order chi connectivity index (χ0) is 16.3. The molecule has 0 aromatic heterocycles. The highest BCUT2D eigenvalue weighted by Gasteiger charge is 2.34. The van der Waals surface area contributed by atoms with Gasteiger partial charge in [0.05, 0.1) is 0 Å². The van der Waals surface area contributed by atoms with Gasteiger partial charge in [-0.2, -0.15) is 0 Å². The minimum absolute atomic E-state index is 0.0307. The number of carbonyl (C=O) groups excluding carboxylic acids is 2. The molecule has 0 radical (unpaired) electrons. The van der Waals surface area contributed by atoms with Crippen LogP contribution in [-0.2, 0) is 9.59 Å². The van der Waals surface area contributed by atoms with Crippen LogP contribution in [0.4, 0.5) is 0 Å². The average Bonchev–Trinajstić information content (AvgIpc) is 2.36. The Balaban J connectivity index is 1.79. The maximum Gasteiger partial charge on any atom is 0.222 e. The Labute approximate surface area is 135 Å². The Kier molecular flexibility index (Phi) is 5.51. The Bertz CT molecular complexity index is 411. The molecule has 0 aromatic rings. The van der Waals surface area contributed by atoms with Crippen molar-refractivity contribution in [1.82, 2.24) is 10.2 Å². The summed E-state index contributed by atoms with van der Waals surface area (Å²) >= 11 is 0. The van der Waals surface area contributed by atoms with Crippen molar-refractivity contribution in [3.05, 3.63) is 0 Å². The second-order valence-corrected chi connectivity index (χ2v) is 8.34. The van der Waals surface area contributed by atoms with E-state index in [0.717, 1.165) is 31.8 Å². The normalized spacial score (nSPS) is 29.2. The first kappa shape index (κ1) is 17.3. The number of amides is 2. The lowest BCUT2D eigenvalue weighted by Gasteiger charge is -2.40. The molecule has 2 fully saturated rings. The van der Waals surface area contributed by atoms with Gasteiger partial charge in [-0.3, -0.25) is 9.59 Å². The van der Waals surface area contributed by atoms with Crippen molar-refractivity contribution in [2.75, 3.05) is 13.1 Å². The number of rotatable bonds is 3. The molecule has 4 nitrogen and oxygen atoms in total. The fraction of sp³-hybridized carbons (Fsp3) is 0.889. The van der Waals surface area contributed by atoms with Crippen molar-refractivity contribution in [3.63, 3.8) is 0 Å². The van der Waals surface area contributed by atoms with Gasteiger partial charge in [-0.05, 0) is 49.4 Å². The molecular weight excluding hydrogens is 276 g/mol. The summed E-state index contributed by atoms with van der Waals surface area (Å²) in [6.45, 7) is 10.1. The summed E-state index contributed by atoms with van der Waals surface area (Å²) in [7, 11) is 0. The maximum absolute atomic E-state index is 12.6. The fourth-order valence-corrected chi connectivity index (χ4v) is 4.64. The van der Waals surface area contributed by atoms with Crippen LogP contribution in [0.2, 0.25) is 0 Å². The quantitative estimate of drug-likeness (QED) is 0.871. The Morgan fingerprint density at radius 3 is 2.36 bits per heavy atom. The number of nitrogens with one attached hydrogen (secondary N) is 1. The average molecular weight is 308 g/mol. The molecule has 4 heteroatoms. The monoisotopic (exact) mass is 308 g/mol. The number of piperidine rings is 1. The molecule has 1 N–H and O–H groups in total. The molecule has 2 amide bonds. The summed E-state index contributed by atoms with van der Waals surface area (Å²) in [5.41, 5.74) is 0.376.